The molecule has 7 aromatic carbocycles. The van der Waals surface area contributed by atoms with Crippen LogP contribution >= 0.6 is 31.9 Å². The van der Waals surface area contributed by atoms with Gasteiger partial charge < -0.3 is 9.13 Å². The minimum atomic E-state index is 1.06. The maximum absolute atomic E-state index is 3.97. The van der Waals surface area contributed by atoms with Crippen LogP contribution in [0.15, 0.2) is 167 Å². The van der Waals surface area contributed by atoms with Crippen LogP contribution in [-0.4, -0.2) is 9.13 Å². The van der Waals surface area contributed by atoms with Crippen molar-refractivity contribution in [2.24, 2.45) is 0 Å². The molecule has 0 fully saturated rings. The van der Waals surface area contributed by atoms with Crippen molar-refractivity contribution in [3.8, 4) is 33.6 Å². The molecule has 0 spiro atoms. The van der Waals surface area contributed by atoms with Crippen LogP contribution in [0.4, 0.5) is 0 Å². The highest BCUT2D eigenvalue weighted by Gasteiger charge is 2.17. The van der Waals surface area contributed by atoms with Gasteiger partial charge in [-0.05, 0) is 95.1 Å². The summed E-state index contributed by atoms with van der Waals surface area (Å²) < 4.78 is 6.83. The summed E-state index contributed by atoms with van der Waals surface area (Å²) in [7, 11) is 0. The monoisotopic (exact) mass is 716 g/mol. The van der Waals surface area contributed by atoms with Gasteiger partial charge in [-0.1, -0.05) is 117 Å². The highest BCUT2D eigenvalue weighted by molar-refractivity contribution is 9.11. The van der Waals surface area contributed by atoms with Crippen LogP contribution in [0.5, 0.6) is 0 Å². The van der Waals surface area contributed by atoms with Crippen molar-refractivity contribution in [2.75, 3.05) is 0 Å². The Hall–Kier alpha value is -4.90. The predicted molar refractivity (Wildman–Crippen MR) is 201 cm³/mol. The third kappa shape index (κ3) is 4.28. The van der Waals surface area contributed by atoms with Crippen LogP contribution in [0.1, 0.15) is 0 Å². The minimum absolute atomic E-state index is 1.06. The van der Waals surface area contributed by atoms with Crippen molar-refractivity contribution in [2.45, 2.75) is 0 Å². The largest absolute Gasteiger partial charge is 0.309 e. The van der Waals surface area contributed by atoms with Crippen molar-refractivity contribution >= 4 is 75.5 Å². The standard InChI is InChI=1S/C42H26Br2N2/c43-37-26-34(28-20-22-42-36(24-28)32-16-8-10-18-40(32)46(42)30-13-5-2-6-14-30)38(44)25-33(37)27-19-21-41-35(23-27)31-15-7-9-17-39(31)45(41)29-11-3-1-4-12-29/h1-26H. The fourth-order valence-electron chi connectivity index (χ4n) is 6.98. The average Bonchev–Trinajstić information content (AvgIpc) is 3.62. The topological polar surface area (TPSA) is 9.86 Å². The Morgan fingerprint density at radius 3 is 1.13 bits per heavy atom. The molecule has 0 unspecified atom stereocenters. The van der Waals surface area contributed by atoms with Crippen LogP contribution in [0.2, 0.25) is 0 Å². The number of benzene rings is 7. The Morgan fingerprint density at radius 1 is 0.326 bits per heavy atom. The molecule has 0 aliphatic carbocycles. The van der Waals surface area contributed by atoms with Crippen molar-refractivity contribution in [3.05, 3.63) is 167 Å². The summed E-state index contributed by atoms with van der Waals surface area (Å²) in [4.78, 5) is 0. The van der Waals surface area contributed by atoms with Gasteiger partial charge in [0, 0.05) is 41.9 Å². The average molecular weight is 718 g/mol. The number of fused-ring (bicyclic) bond motifs is 6. The molecule has 0 amide bonds. The molecule has 9 aromatic rings. The maximum atomic E-state index is 3.97. The maximum Gasteiger partial charge on any atom is 0.0541 e. The molecule has 0 aliphatic rings. The number of nitrogens with zero attached hydrogens (tertiary/aromatic N) is 2. The Kier molecular flexibility index (Phi) is 6.48. The lowest BCUT2D eigenvalue weighted by molar-refractivity contribution is 1.18. The van der Waals surface area contributed by atoms with Gasteiger partial charge in [-0.2, -0.15) is 0 Å². The molecule has 46 heavy (non-hydrogen) atoms. The Balaban J connectivity index is 1.18. The molecule has 0 saturated carbocycles. The van der Waals surface area contributed by atoms with E-state index in [1.165, 1.54) is 66.1 Å². The van der Waals surface area contributed by atoms with Gasteiger partial charge in [-0.15, -0.1) is 0 Å². The first kappa shape index (κ1) is 27.4. The van der Waals surface area contributed by atoms with E-state index in [-0.39, 0.29) is 0 Å². The van der Waals surface area contributed by atoms with Crippen LogP contribution in [-0.2, 0) is 0 Å². The molecule has 9 rings (SSSR count). The van der Waals surface area contributed by atoms with Crippen LogP contribution in [0.3, 0.4) is 0 Å². The van der Waals surface area contributed by atoms with Crippen LogP contribution in [0.25, 0.3) is 77.2 Å². The Bertz CT molecular complexity index is 2410. The van der Waals surface area contributed by atoms with Gasteiger partial charge in [-0.25, -0.2) is 0 Å². The van der Waals surface area contributed by atoms with E-state index in [9.17, 15) is 0 Å². The third-order valence-electron chi connectivity index (χ3n) is 9.05. The second-order valence-corrected chi connectivity index (χ2v) is 13.4. The highest BCUT2D eigenvalue weighted by Crippen LogP contribution is 2.42. The number of hydrogen-bond donors (Lipinski definition) is 0. The van der Waals surface area contributed by atoms with E-state index in [0.717, 1.165) is 20.1 Å². The number of para-hydroxylation sites is 4. The van der Waals surface area contributed by atoms with Crippen molar-refractivity contribution in [1.29, 1.82) is 0 Å². The zero-order valence-electron chi connectivity index (χ0n) is 24.7. The second-order valence-electron chi connectivity index (χ2n) is 11.7. The van der Waals surface area contributed by atoms with E-state index in [0.29, 0.717) is 0 Å². The molecule has 2 heterocycles. The first-order chi connectivity index (χ1) is 22.7. The van der Waals surface area contributed by atoms with E-state index >= 15 is 0 Å². The Labute approximate surface area is 283 Å². The molecule has 0 N–H and O–H groups in total. The van der Waals surface area contributed by atoms with Gasteiger partial charge in [0.2, 0.25) is 0 Å². The number of hydrogen-bond acceptors (Lipinski definition) is 0. The molecule has 4 heteroatoms. The molecule has 2 nitrogen and oxygen atoms in total. The zero-order valence-corrected chi connectivity index (χ0v) is 27.8. The van der Waals surface area contributed by atoms with Crippen LogP contribution in [0, 0.1) is 0 Å². The first-order valence-corrected chi connectivity index (χ1v) is 16.9. The van der Waals surface area contributed by atoms with E-state index in [1.807, 2.05) is 0 Å². The quantitative estimate of drug-likeness (QED) is 0.171. The third-order valence-corrected chi connectivity index (χ3v) is 10.4. The number of aromatic nitrogens is 2. The highest BCUT2D eigenvalue weighted by atomic mass is 79.9. The molecular weight excluding hydrogens is 692 g/mol. The molecule has 0 radical (unpaired) electrons. The fourth-order valence-corrected chi connectivity index (χ4v) is 8.13. The molecule has 0 aliphatic heterocycles. The van der Waals surface area contributed by atoms with E-state index in [4.69, 9.17) is 0 Å². The lowest BCUT2D eigenvalue weighted by Gasteiger charge is -2.13. The van der Waals surface area contributed by atoms with Gasteiger partial charge in [0.25, 0.3) is 0 Å². The summed E-state index contributed by atoms with van der Waals surface area (Å²) in [6, 6.07) is 56.6. The van der Waals surface area contributed by atoms with E-state index in [1.54, 1.807) is 0 Å². The fraction of sp³-hybridized carbons (Fsp3) is 0. The minimum Gasteiger partial charge on any atom is -0.309 e. The SMILES string of the molecule is Brc1cc(-c2ccc3c(c2)c2ccccc2n3-c2ccccc2)c(Br)cc1-c1ccc2c(c1)c1ccccc1n2-c1ccccc1. The van der Waals surface area contributed by atoms with Crippen molar-refractivity contribution < 1.29 is 0 Å². The van der Waals surface area contributed by atoms with Gasteiger partial charge >= 0.3 is 0 Å². The van der Waals surface area contributed by atoms with Gasteiger partial charge in [0.15, 0.2) is 0 Å². The van der Waals surface area contributed by atoms with E-state index in [2.05, 4.69) is 199 Å². The Morgan fingerprint density at radius 2 is 0.696 bits per heavy atom. The van der Waals surface area contributed by atoms with E-state index < -0.39 is 0 Å². The lowest BCUT2D eigenvalue weighted by Crippen LogP contribution is -1.93. The van der Waals surface area contributed by atoms with Gasteiger partial charge in [-0.3, -0.25) is 0 Å². The summed E-state index contributed by atoms with van der Waals surface area (Å²) in [6.45, 7) is 0. The predicted octanol–water partition coefficient (Wildman–Crippen LogP) is 12.7. The second kappa shape index (κ2) is 10.9. The van der Waals surface area contributed by atoms with Gasteiger partial charge in [0.05, 0.1) is 22.1 Å². The van der Waals surface area contributed by atoms with Crippen molar-refractivity contribution in [1.82, 2.24) is 9.13 Å². The summed E-state index contributed by atoms with van der Waals surface area (Å²) in [5, 5.41) is 4.98. The molecular formula is C42H26Br2N2. The summed E-state index contributed by atoms with van der Waals surface area (Å²) in [6.07, 6.45) is 0. The molecule has 0 atom stereocenters. The number of halogens is 2. The van der Waals surface area contributed by atoms with Crippen LogP contribution < -0.4 is 0 Å². The number of rotatable bonds is 4. The molecule has 0 bridgehead atoms. The van der Waals surface area contributed by atoms with Crippen molar-refractivity contribution in [3.63, 3.8) is 0 Å². The smallest absolute Gasteiger partial charge is 0.0541 e. The van der Waals surface area contributed by atoms with Gasteiger partial charge in [0.1, 0.15) is 0 Å². The first-order valence-electron chi connectivity index (χ1n) is 15.3. The summed E-state index contributed by atoms with van der Waals surface area (Å²) >= 11 is 7.93. The summed E-state index contributed by atoms with van der Waals surface area (Å²) in [5.74, 6) is 0. The molecule has 218 valence electrons. The summed E-state index contributed by atoms with van der Waals surface area (Å²) in [5.41, 5.74) is 11.8. The molecule has 2 aromatic heterocycles. The molecule has 0 saturated heterocycles. The lowest BCUT2D eigenvalue weighted by atomic mass is 9.98. The normalized spacial score (nSPS) is 11.7. The zero-order chi connectivity index (χ0) is 30.8.